The van der Waals surface area contributed by atoms with Gasteiger partial charge in [-0.2, -0.15) is 0 Å². The molecule has 2 atom stereocenters. The molecule has 0 aromatic heterocycles. The van der Waals surface area contributed by atoms with Crippen LogP contribution in [0.25, 0.3) is 0 Å². The number of rotatable bonds is 2. The molecule has 194 valence electrons. The number of carboxylic acids is 1. The molecule has 9 heteroatoms. The summed E-state index contributed by atoms with van der Waals surface area (Å²) in [4.78, 5) is 39.1. The molecular formula is C30H20O9. The molecule has 0 spiro atoms. The van der Waals surface area contributed by atoms with Crippen LogP contribution in [0.5, 0.6) is 28.7 Å². The lowest BCUT2D eigenvalue weighted by atomic mass is 9.63. The molecule has 39 heavy (non-hydrogen) atoms. The lowest BCUT2D eigenvalue weighted by Gasteiger charge is -2.38. The van der Waals surface area contributed by atoms with Gasteiger partial charge >= 0.3 is 5.97 Å². The summed E-state index contributed by atoms with van der Waals surface area (Å²) in [5.41, 5.74) is 0.513. The Balaban J connectivity index is 1.80. The van der Waals surface area contributed by atoms with E-state index < -0.39 is 40.9 Å². The van der Waals surface area contributed by atoms with Gasteiger partial charge in [0.2, 0.25) is 11.6 Å². The van der Waals surface area contributed by atoms with Crippen molar-refractivity contribution >= 4 is 17.5 Å². The Hall–Kier alpha value is -5.31. The van der Waals surface area contributed by atoms with Crippen LogP contribution in [0.2, 0.25) is 0 Å². The first-order valence-corrected chi connectivity index (χ1v) is 11.9. The zero-order valence-corrected chi connectivity index (χ0v) is 20.3. The van der Waals surface area contributed by atoms with Crippen LogP contribution in [-0.2, 0) is 0 Å². The number of aromatic carboxylic acids is 1. The average molecular weight is 524 g/mol. The molecule has 6 rings (SSSR count). The summed E-state index contributed by atoms with van der Waals surface area (Å²) in [7, 11) is 0. The SMILES string of the molecule is Cc1cc(O)c2c(c1)C(C1c3cccc(O)c3C(=O)c3c(O)cc(C(=O)O)cc31)c1cc(O)cc(O)c1C2=O. The van der Waals surface area contributed by atoms with Gasteiger partial charge in [0.05, 0.1) is 27.8 Å². The van der Waals surface area contributed by atoms with Crippen LogP contribution in [0.3, 0.4) is 0 Å². The van der Waals surface area contributed by atoms with E-state index in [9.17, 15) is 45.0 Å². The fourth-order valence-electron chi connectivity index (χ4n) is 6.05. The Morgan fingerprint density at radius 1 is 0.615 bits per heavy atom. The van der Waals surface area contributed by atoms with Crippen molar-refractivity contribution in [3.8, 4) is 28.7 Å². The van der Waals surface area contributed by atoms with E-state index in [0.717, 1.165) is 12.1 Å². The highest BCUT2D eigenvalue weighted by atomic mass is 16.4. The van der Waals surface area contributed by atoms with Crippen molar-refractivity contribution in [1.29, 1.82) is 0 Å². The Morgan fingerprint density at radius 3 is 1.77 bits per heavy atom. The molecule has 0 bridgehead atoms. The molecule has 0 heterocycles. The number of aryl methyl sites for hydroxylation is 1. The predicted molar refractivity (Wildman–Crippen MR) is 136 cm³/mol. The summed E-state index contributed by atoms with van der Waals surface area (Å²) >= 11 is 0. The highest BCUT2D eigenvalue weighted by Gasteiger charge is 2.46. The van der Waals surface area contributed by atoms with E-state index in [1.807, 2.05) is 0 Å². The van der Waals surface area contributed by atoms with Crippen LogP contribution in [0.1, 0.15) is 81.9 Å². The summed E-state index contributed by atoms with van der Waals surface area (Å²) in [5.74, 6) is -6.94. The maximum absolute atomic E-state index is 13.6. The summed E-state index contributed by atoms with van der Waals surface area (Å²) in [6.07, 6.45) is 0. The van der Waals surface area contributed by atoms with Crippen LogP contribution in [0.15, 0.2) is 54.6 Å². The Kier molecular flexibility index (Phi) is 4.99. The van der Waals surface area contributed by atoms with Gasteiger partial charge in [-0.05, 0) is 65.1 Å². The monoisotopic (exact) mass is 524 g/mol. The number of hydrogen-bond donors (Lipinski definition) is 6. The number of phenols is 5. The summed E-state index contributed by atoms with van der Waals surface area (Å²) in [5, 5.41) is 63.4. The molecule has 0 amide bonds. The van der Waals surface area contributed by atoms with E-state index in [1.54, 1.807) is 19.1 Å². The van der Waals surface area contributed by atoms with Crippen molar-refractivity contribution in [3.63, 3.8) is 0 Å². The standard InChI is InChI=1S/C30H20O9/c1-11-5-15-23(17-9-13(31)10-21(35)27(17)29(37)25(15)19(33)6-11)22-14-3-2-4-18(32)24(14)28(36)26-16(22)7-12(30(38)39)8-20(26)34/h2-10,22-23,31-35H,1H3,(H,38,39). The van der Waals surface area contributed by atoms with Gasteiger partial charge in [0.15, 0.2) is 0 Å². The molecule has 9 nitrogen and oxygen atoms in total. The molecule has 0 saturated heterocycles. The summed E-state index contributed by atoms with van der Waals surface area (Å²) in [6.45, 7) is 1.70. The fourth-order valence-corrected chi connectivity index (χ4v) is 6.05. The van der Waals surface area contributed by atoms with E-state index >= 15 is 0 Å². The van der Waals surface area contributed by atoms with Gasteiger partial charge in [-0.25, -0.2) is 4.79 Å². The molecule has 2 aliphatic rings. The first kappa shape index (κ1) is 24.1. The minimum Gasteiger partial charge on any atom is -0.508 e. The highest BCUT2D eigenvalue weighted by Crippen LogP contribution is 2.56. The van der Waals surface area contributed by atoms with Gasteiger partial charge in [-0.3, -0.25) is 9.59 Å². The van der Waals surface area contributed by atoms with E-state index in [4.69, 9.17) is 0 Å². The van der Waals surface area contributed by atoms with Crippen molar-refractivity contribution in [2.24, 2.45) is 0 Å². The van der Waals surface area contributed by atoms with Gasteiger partial charge in [0.1, 0.15) is 28.7 Å². The van der Waals surface area contributed by atoms with Crippen LogP contribution >= 0.6 is 0 Å². The van der Waals surface area contributed by atoms with Crippen LogP contribution in [0, 0.1) is 6.92 Å². The van der Waals surface area contributed by atoms with Crippen molar-refractivity contribution < 1.29 is 45.0 Å². The molecule has 4 aromatic carbocycles. The number of hydrogen-bond acceptors (Lipinski definition) is 8. The number of fused-ring (bicyclic) bond motifs is 4. The Morgan fingerprint density at radius 2 is 1.13 bits per heavy atom. The largest absolute Gasteiger partial charge is 0.508 e. The van der Waals surface area contributed by atoms with E-state index in [1.165, 1.54) is 30.3 Å². The van der Waals surface area contributed by atoms with Gasteiger partial charge in [0.25, 0.3) is 0 Å². The lowest BCUT2D eigenvalue weighted by molar-refractivity contribution is 0.0695. The number of ketones is 2. The fraction of sp³-hybridized carbons (Fsp3) is 0.100. The maximum atomic E-state index is 13.6. The molecule has 4 aromatic rings. The molecule has 2 aliphatic carbocycles. The van der Waals surface area contributed by atoms with Gasteiger partial charge in [-0.15, -0.1) is 0 Å². The molecule has 0 fully saturated rings. The number of carboxylic acid groups (broad SMARTS) is 1. The zero-order chi connectivity index (χ0) is 27.9. The van der Waals surface area contributed by atoms with Crippen LogP contribution in [-0.4, -0.2) is 48.2 Å². The van der Waals surface area contributed by atoms with Crippen LogP contribution < -0.4 is 0 Å². The molecule has 0 saturated carbocycles. The molecule has 0 aliphatic heterocycles. The van der Waals surface area contributed by atoms with Gasteiger partial charge < -0.3 is 30.6 Å². The molecule has 2 unspecified atom stereocenters. The number of carbonyl (C=O) groups excluding carboxylic acids is 2. The second-order valence-corrected chi connectivity index (χ2v) is 9.80. The molecule has 6 N–H and O–H groups in total. The molecule has 0 radical (unpaired) electrons. The second-order valence-electron chi connectivity index (χ2n) is 9.80. The van der Waals surface area contributed by atoms with Crippen molar-refractivity contribution in [3.05, 3.63) is 110 Å². The van der Waals surface area contributed by atoms with E-state index in [2.05, 4.69) is 0 Å². The minimum atomic E-state index is -1.36. The zero-order valence-electron chi connectivity index (χ0n) is 20.3. The first-order chi connectivity index (χ1) is 18.5. The normalized spacial score (nSPS) is 17.2. The number of aromatic hydroxyl groups is 5. The van der Waals surface area contributed by atoms with Gasteiger partial charge in [0, 0.05) is 17.9 Å². The first-order valence-electron chi connectivity index (χ1n) is 11.9. The minimum absolute atomic E-state index is 0.0992. The quantitative estimate of drug-likeness (QED) is 0.224. The third-order valence-corrected chi connectivity index (χ3v) is 7.48. The summed E-state index contributed by atoms with van der Waals surface area (Å²) in [6, 6.07) is 11.9. The van der Waals surface area contributed by atoms with Crippen LogP contribution in [0.4, 0.5) is 0 Å². The Labute approximate surface area is 220 Å². The number of benzene rings is 4. The average Bonchev–Trinajstić information content (AvgIpc) is 2.84. The third kappa shape index (κ3) is 3.29. The van der Waals surface area contributed by atoms with Gasteiger partial charge in [-0.1, -0.05) is 18.2 Å². The van der Waals surface area contributed by atoms with Crippen molar-refractivity contribution in [1.82, 2.24) is 0 Å². The smallest absolute Gasteiger partial charge is 0.335 e. The molecular weight excluding hydrogens is 504 g/mol. The van der Waals surface area contributed by atoms with E-state index in [0.29, 0.717) is 11.1 Å². The number of phenolic OH excluding ortho intramolecular Hbond substituents is 5. The predicted octanol–water partition coefficient (Wildman–Crippen LogP) is 4.27. The van der Waals surface area contributed by atoms with E-state index in [-0.39, 0.29) is 61.8 Å². The van der Waals surface area contributed by atoms with Crippen molar-refractivity contribution in [2.45, 2.75) is 18.8 Å². The third-order valence-electron chi connectivity index (χ3n) is 7.48. The highest BCUT2D eigenvalue weighted by molar-refractivity contribution is 6.18. The Bertz CT molecular complexity index is 1740. The topological polar surface area (TPSA) is 173 Å². The maximum Gasteiger partial charge on any atom is 0.335 e. The second kappa shape index (κ2) is 8.09. The number of carbonyl (C=O) groups is 3. The summed E-state index contributed by atoms with van der Waals surface area (Å²) < 4.78 is 0. The lowest BCUT2D eigenvalue weighted by Crippen LogP contribution is -2.30. The van der Waals surface area contributed by atoms with Crippen molar-refractivity contribution in [2.75, 3.05) is 0 Å².